The Labute approximate surface area is 198 Å². The van der Waals surface area contributed by atoms with E-state index in [1.54, 1.807) is 36.4 Å². The molecular weight excluding hydrogens is 424 g/mol. The van der Waals surface area contributed by atoms with Crippen LogP contribution in [0.4, 0.5) is 11.4 Å². The molecule has 3 aliphatic rings. The number of amides is 3. The number of hydrogen-bond donors (Lipinski definition) is 1. The third-order valence-electron chi connectivity index (χ3n) is 7.92. The zero-order chi connectivity index (χ0) is 23.4. The summed E-state index contributed by atoms with van der Waals surface area (Å²) in [5.41, 5.74) is 4.00. The van der Waals surface area contributed by atoms with E-state index in [1.807, 2.05) is 37.3 Å². The first-order chi connectivity index (χ1) is 16.5. The van der Waals surface area contributed by atoms with Crippen LogP contribution in [0, 0.1) is 30.6 Å². The molecule has 5 heteroatoms. The van der Waals surface area contributed by atoms with Gasteiger partial charge in [0, 0.05) is 11.3 Å². The van der Waals surface area contributed by atoms with Gasteiger partial charge >= 0.3 is 0 Å². The Balaban J connectivity index is 1.24. The number of aryl methyl sites for hydroxylation is 1. The second-order valence-corrected chi connectivity index (χ2v) is 9.85. The van der Waals surface area contributed by atoms with Crippen molar-refractivity contribution >= 4 is 29.1 Å². The molecule has 2 saturated carbocycles. The van der Waals surface area contributed by atoms with Crippen LogP contribution in [0.3, 0.4) is 0 Å². The van der Waals surface area contributed by atoms with Crippen molar-refractivity contribution in [2.24, 2.45) is 23.7 Å². The van der Waals surface area contributed by atoms with Gasteiger partial charge in [-0.25, -0.2) is 4.90 Å². The number of benzene rings is 3. The summed E-state index contributed by atoms with van der Waals surface area (Å²) in [4.78, 5) is 41.0. The molecule has 3 aromatic carbocycles. The highest BCUT2D eigenvalue weighted by atomic mass is 16.2. The highest BCUT2D eigenvalue weighted by Crippen LogP contribution is 2.61. The van der Waals surface area contributed by atoms with E-state index in [9.17, 15) is 14.4 Å². The van der Waals surface area contributed by atoms with Crippen LogP contribution in [-0.2, 0) is 9.59 Å². The number of carbonyl (C=O) groups excluding carboxylic acids is 3. The van der Waals surface area contributed by atoms with Crippen molar-refractivity contribution in [2.75, 3.05) is 10.2 Å². The molecule has 2 bridgehead atoms. The highest BCUT2D eigenvalue weighted by Gasteiger charge is 2.64. The van der Waals surface area contributed by atoms with Crippen LogP contribution in [-0.4, -0.2) is 17.7 Å². The number of nitrogens with zero attached hydrogens (tertiary/aromatic N) is 1. The van der Waals surface area contributed by atoms with Gasteiger partial charge in [0.05, 0.1) is 17.5 Å². The number of hydrogen-bond acceptors (Lipinski definition) is 3. The lowest BCUT2D eigenvalue weighted by Crippen LogP contribution is -2.33. The topological polar surface area (TPSA) is 66.5 Å². The summed E-state index contributed by atoms with van der Waals surface area (Å²) in [6, 6.07) is 24.8. The Morgan fingerprint density at radius 1 is 0.853 bits per heavy atom. The number of anilines is 2. The molecule has 5 unspecified atom stereocenters. The zero-order valence-corrected chi connectivity index (χ0v) is 19.0. The minimum atomic E-state index is -0.248. The van der Waals surface area contributed by atoms with Gasteiger partial charge in [0.2, 0.25) is 11.8 Å². The van der Waals surface area contributed by atoms with Gasteiger partial charge in [0.1, 0.15) is 0 Å². The van der Waals surface area contributed by atoms with Crippen LogP contribution in [0.5, 0.6) is 0 Å². The molecule has 1 saturated heterocycles. The predicted octanol–water partition coefficient (Wildman–Crippen LogP) is 5.18. The Hall–Kier alpha value is -3.73. The molecule has 1 heterocycles. The SMILES string of the molecule is Cc1ccc(C(=O)Nc2cccc(N3C(=O)C4C5CC(c6ccccc6)C(C5)C4C3=O)c2)cc1. The fourth-order valence-electron chi connectivity index (χ4n) is 6.43. The molecular formula is C29H26N2O3. The van der Waals surface area contributed by atoms with Crippen LogP contribution >= 0.6 is 0 Å². The monoisotopic (exact) mass is 450 g/mol. The van der Waals surface area contributed by atoms with Gasteiger partial charge in [-0.05, 0) is 73.4 Å². The van der Waals surface area contributed by atoms with E-state index in [0.717, 1.165) is 18.4 Å². The molecule has 3 aromatic rings. The molecule has 0 radical (unpaired) electrons. The first kappa shape index (κ1) is 20.8. The average Bonchev–Trinajstić information content (AvgIpc) is 3.51. The van der Waals surface area contributed by atoms with Gasteiger partial charge in [-0.3, -0.25) is 14.4 Å². The number of imide groups is 1. The van der Waals surface area contributed by atoms with E-state index in [0.29, 0.717) is 22.9 Å². The van der Waals surface area contributed by atoms with E-state index in [1.165, 1.54) is 10.5 Å². The largest absolute Gasteiger partial charge is 0.322 e. The minimum Gasteiger partial charge on any atom is -0.322 e. The molecule has 2 aliphatic carbocycles. The molecule has 5 nitrogen and oxygen atoms in total. The summed E-state index contributed by atoms with van der Waals surface area (Å²) >= 11 is 0. The van der Waals surface area contributed by atoms with E-state index < -0.39 is 0 Å². The zero-order valence-electron chi connectivity index (χ0n) is 19.0. The summed E-state index contributed by atoms with van der Waals surface area (Å²) in [5, 5.41) is 2.89. The van der Waals surface area contributed by atoms with E-state index in [-0.39, 0.29) is 41.4 Å². The predicted molar refractivity (Wildman–Crippen MR) is 130 cm³/mol. The van der Waals surface area contributed by atoms with Crippen LogP contribution in [0.15, 0.2) is 78.9 Å². The molecule has 6 rings (SSSR count). The fourth-order valence-corrected chi connectivity index (χ4v) is 6.43. The molecule has 3 fully saturated rings. The maximum Gasteiger partial charge on any atom is 0.255 e. The van der Waals surface area contributed by atoms with Gasteiger partial charge in [-0.1, -0.05) is 54.1 Å². The first-order valence-corrected chi connectivity index (χ1v) is 11.9. The second-order valence-electron chi connectivity index (χ2n) is 9.85. The molecule has 5 atom stereocenters. The van der Waals surface area contributed by atoms with Crippen molar-refractivity contribution < 1.29 is 14.4 Å². The van der Waals surface area contributed by atoms with Crippen molar-refractivity contribution in [3.8, 4) is 0 Å². The molecule has 1 N–H and O–H groups in total. The van der Waals surface area contributed by atoms with Crippen molar-refractivity contribution in [1.29, 1.82) is 0 Å². The number of nitrogens with one attached hydrogen (secondary N) is 1. The van der Waals surface area contributed by atoms with Crippen molar-refractivity contribution in [3.05, 3.63) is 95.6 Å². The number of rotatable bonds is 4. The standard InChI is InChI=1S/C29H26N2O3/c1-17-10-12-19(13-11-17)27(32)30-21-8-5-9-22(16-21)31-28(33)25-20-14-23(18-6-3-2-4-7-18)24(15-20)26(25)29(31)34/h2-13,16,20,23-26H,14-15H2,1H3,(H,30,32). The van der Waals surface area contributed by atoms with Crippen LogP contribution < -0.4 is 10.2 Å². The quantitative estimate of drug-likeness (QED) is 0.557. The molecule has 1 aliphatic heterocycles. The molecule has 3 amide bonds. The van der Waals surface area contributed by atoms with E-state index in [2.05, 4.69) is 17.4 Å². The first-order valence-electron chi connectivity index (χ1n) is 11.9. The lowest BCUT2D eigenvalue weighted by Gasteiger charge is -2.28. The Morgan fingerprint density at radius 2 is 1.59 bits per heavy atom. The third-order valence-corrected chi connectivity index (χ3v) is 7.92. The summed E-state index contributed by atoms with van der Waals surface area (Å²) < 4.78 is 0. The Morgan fingerprint density at radius 3 is 2.35 bits per heavy atom. The Bertz CT molecular complexity index is 1280. The maximum absolute atomic E-state index is 13.6. The number of carbonyl (C=O) groups is 3. The van der Waals surface area contributed by atoms with E-state index in [4.69, 9.17) is 0 Å². The van der Waals surface area contributed by atoms with Crippen molar-refractivity contribution in [3.63, 3.8) is 0 Å². The lowest BCUT2D eigenvalue weighted by atomic mass is 9.73. The minimum absolute atomic E-state index is 0.0870. The third kappa shape index (κ3) is 3.26. The van der Waals surface area contributed by atoms with Gasteiger partial charge < -0.3 is 5.32 Å². The van der Waals surface area contributed by atoms with E-state index >= 15 is 0 Å². The van der Waals surface area contributed by atoms with Crippen LogP contribution in [0.25, 0.3) is 0 Å². The van der Waals surface area contributed by atoms with Gasteiger partial charge in [0.15, 0.2) is 0 Å². The molecule has 170 valence electrons. The summed E-state index contributed by atoms with van der Waals surface area (Å²) in [6.07, 6.45) is 1.92. The normalized spacial score (nSPS) is 27.2. The second kappa shape index (κ2) is 7.94. The summed E-state index contributed by atoms with van der Waals surface area (Å²) in [6.45, 7) is 1.97. The average molecular weight is 451 g/mol. The Kier molecular flexibility index (Phi) is 4.87. The molecule has 0 aromatic heterocycles. The lowest BCUT2D eigenvalue weighted by molar-refractivity contribution is -0.123. The molecule has 34 heavy (non-hydrogen) atoms. The fraction of sp³-hybridized carbons (Fsp3) is 0.276. The summed E-state index contributed by atoms with van der Waals surface area (Å²) in [5.74, 6) is -0.0674. The van der Waals surface area contributed by atoms with Gasteiger partial charge in [0.25, 0.3) is 5.91 Å². The molecule has 0 spiro atoms. The van der Waals surface area contributed by atoms with Crippen LogP contribution in [0.1, 0.15) is 40.2 Å². The van der Waals surface area contributed by atoms with Crippen molar-refractivity contribution in [2.45, 2.75) is 25.7 Å². The number of fused-ring (bicyclic) bond motifs is 5. The van der Waals surface area contributed by atoms with Crippen molar-refractivity contribution in [1.82, 2.24) is 0 Å². The maximum atomic E-state index is 13.6. The smallest absolute Gasteiger partial charge is 0.255 e. The van der Waals surface area contributed by atoms with Gasteiger partial charge in [-0.2, -0.15) is 0 Å². The van der Waals surface area contributed by atoms with Gasteiger partial charge in [-0.15, -0.1) is 0 Å². The van der Waals surface area contributed by atoms with Crippen LogP contribution in [0.2, 0.25) is 0 Å². The summed E-state index contributed by atoms with van der Waals surface area (Å²) in [7, 11) is 0. The highest BCUT2D eigenvalue weighted by molar-refractivity contribution is 6.23.